The molecule has 0 heterocycles. The summed E-state index contributed by atoms with van der Waals surface area (Å²) in [4.78, 5) is 0. The van der Waals surface area contributed by atoms with Gasteiger partial charge in [0.15, 0.2) is 0 Å². The zero-order valence-corrected chi connectivity index (χ0v) is 16.2. The first-order valence-electron chi connectivity index (χ1n) is 7.86. The Morgan fingerprint density at radius 1 is 0.579 bits per heavy atom. The third-order valence-corrected chi connectivity index (χ3v) is 14.9. The third kappa shape index (κ3) is 4.66. The highest BCUT2D eigenvalue weighted by Crippen LogP contribution is 2.42. The first-order chi connectivity index (χ1) is 8.48. The molecule has 116 valence electrons. The lowest BCUT2D eigenvalue weighted by Crippen LogP contribution is -2.39. The van der Waals surface area contributed by atoms with Crippen LogP contribution in [0.25, 0.3) is 0 Å². The minimum absolute atomic E-state index is 0.140. The van der Waals surface area contributed by atoms with Crippen molar-refractivity contribution in [3.8, 4) is 0 Å². The minimum atomic E-state index is -2.72. The lowest BCUT2D eigenvalue weighted by Gasteiger charge is -2.33. The topological polar surface area (TPSA) is 0 Å². The molecule has 19 heavy (non-hydrogen) atoms. The van der Waals surface area contributed by atoms with Gasteiger partial charge in [-0.2, -0.15) is 0 Å². The Labute approximate surface area is 121 Å². The fourth-order valence-corrected chi connectivity index (χ4v) is 9.89. The van der Waals surface area contributed by atoms with Gasteiger partial charge in [-0.3, -0.25) is 0 Å². The molecular formula is C15H34F2Si2. The van der Waals surface area contributed by atoms with E-state index in [1.807, 2.05) is 55.4 Å². The molecule has 0 rings (SSSR count). The van der Waals surface area contributed by atoms with Crippen molar-refractivity contribution in [3.63, 3.8) is 0 Å². The number of rotatable bonds is 8. The normalized spacial score (nSPS) is 14.2. The molecule has 0 unspecified atom stereocenters. The van der Waals surface area contributed by atoms with Crippen molar-refractivity contribution in [1.29, 1.82) is 0 Å². The van der Waals surface area contributed by atoms with Crippen LogP contribution in [0.15, 0.2) is 0 Å². The summed E-state index contributed by atoms with van der Waals surface area (Å²) < 4.78 is 30.1. The molecule has 0 amide bonds. The monoisotopic (exact) mass is 308 g/mol. The van der Waals surface area contributed by atoms with Crippen molar-refractivity contribution in [2.24, 2.45) is 0 Å². The van der Waals surface area contributed by atoms with Crippen LogP contribution < -0.4 is 0 Å². The Balaban J connectivity index is 4.65. The molecule has 0 fully saturated rings. The van der Waals surface area contributed by atoms with Gasteiger partial charge in [0.1, 0.15) is 0 Å². The molecule has 4 heteroatoms. The highest BCUT2D eigenvalue weighted by atomic mass is 28.4. The maximum atomic E-state index is 15.0. The molecule has 0 atom stereocenters. The van der Waals surface area contributed by atoms with Crippen LogP contribution in [-0.2, 0) is 0 Å². The van der Waals surface area contributed by atoms with Crippen LogP contribution in [0.2, 0.25) is 34.3 Å². The Hall–Kier alpha value is 0.294. The van der Waals surface area contributed by atoms with Crippen molar-refractivity contribution in [2.75, 3.05) is 0 Å². The van der Waals surface area contributed by atoms with Crippen LogP contribution >= 0.6 is 0 Å². The van der Waals surface area contributed by atoms with Crippen molar-refractivity contribution < 1.29 is 8.22 Å². The van der Waals surface area contributed by atoms with Crippen LogP contribution in [0, 0.1) is 0 Å². The second-order valence-corrected chi connectivity index (χ2v) is 16.7. The van der Waals surface area contributed by atoms with Crippen molar-refractivity contribution in [2.45, 2.75) is 96.1 Å². The van der Waals surface area contributed by atoms with Gasteiger partial charge >= 0.3 is 0 Å². The van der Waals surface area contributed by atoms with Gasteiger partial charge in [-0.1, -0.05) is 61.8 Å². The van der Waals surface area contributed by atoms with Gasteiger partial charge in [-0.25, -0.2) is 0 Å². The zero-order chi connectivity index (χ0) is 15.4. The standard InChI is InChI=1S/C15H34F2Si2/c1-12(2)18(16,13(3)4)10-9-11-19(17,14(5)6)15(7)8/h12-15H,9-11H2,1-8H3. The predicted molar refractivity (Wildman–Crippen MR) is 88.3 cm³/mol. The van der Waals surface area contributed by atoms with Crippen LogP contribution in [0.4, 0.5) is 8.22 Å². The molecule has 0 radical (unpaired) electrons. The van der Waals surface area contributed by atoms with Crippen LogP contribution in [0.5, 0.6) is 0 Å². The Morgan fingerprint density at radius 2 is 0.789 bits per heavy atom. The van der Waals surface area contributed by atoms with Gasteiger partial charge in [0.25, 0.3) is 16.8 Å². The summed E-state index contributed by atoms with van der Waals surface area (Å²) in [5, 5.41) is 0. The van der Waals surface area contributed by atoms with Crippen molar-refractivity contribution >= 4 is 16.8 Å². The van der Waals surface area contributed by atoms with Gasteiger partial charge < -0.3 is 8.22 Å². The summed E-state index contributed by atoms with van der Waals surface area (Å²) in [5.41, 5.74) is 0.560. The van der Waals surface area contributed by atoms with E-state index in [2.05, 4.69) is 0 Å². The first-order valence-corrected chi connectivity index (χ1v) is 12.3. The van der Waals surface area contributed by atoms with E-state index in [9.17, 15) is 0 Å². The smallest absolute Gasteiger partial charge is 0.252 e. The van der Waals surface area contributed by atoms with E-state index in [0.29, 0.717) is 12.1 Å². The minimum Gasteiger partial charge on any atom is -0.313 e. The molecule has 0 bridgehead atoms. The third-order valence-electron chi connectivity index (χ3n) is 4.96. The summed E-state index contributed by atoms with van der Waals surface area (Å²) >= 11 is 0. The molecule has 0 spiro atoms. The van der Waals surface area contributed by atoms with E-state index in [4.69, 9.17) is 0 Å². The molecule has 0 saturated carbocycles. The fraction of sp³-hybridized carbons (Fsp3) is 1.00. The average molecular weight is 309 g/mol. The van der Waals surface area contributed by atoms with E-state index in [1.165, 1.54) is 0 Å². The fourth-order valence-electron chi connectivity index (χ4n) is 3.12. The highest BCUT2D eigenvalue weighted by Gasteiger charge is 2.44. The molecule has 0 aliphatic carbocycles. The largest absolute Gasteiger partial charge is 0.313 e. The van der Waals surface area contributed by atoms with E-state index >= 15 is 8.22 Å². The van der Waals surface area contributed by atoms with E-state index < -0.39 is 16.8 Å². The van der Waals surface area contributed by atoms with Gasteiger partial charge in [0.2, 0.25) is 0 Å². The second kappa shape index (κ2) is 7.34. The van der Waals surface area contributed by atoms with Crippen LogP contribution in [0.3, 0.4) is 0 Å². The van der Waals surface area contributed by atoms with Gasteiger partial charge in [-0.15, -0.1) is 0 Å². The lowest BCUT2D eigenvalue weighted by atomic mass is 10.5. The lowest BCUT2D eigenvalue weighted by molar-refractivity contribution is 0.633. The SMILES string of the molecule is CC(C)[Si](F)(CCC[Si](F)(C(C)C)C(C)C)C(C)C. The van der Waals surface area contributed by atoms with Crippen molar-refractivity contribution in [1.82, 2.24) is 0 Å². The summed E-state index contributed by atoms with van der Waals surface area (Å²) in [7, 11) is -5.44. The van der Waals surface area contributed by atoms with Gasteiger partial charge in [-0.05, 0) is 34.3 Å². The summed E-state index contributed by atoms with van der Waals surface area (Å²) in [6.07, 6.45) is 0.748. The van der Waals surface area contributed by atoms with E-state index in [0.717, 1.165) is 6.42 Å². The molecule has 0 aliphatic rings. The maximum Gasteiger partial charge on any atom is 0.252 e. The Kier molecular flexibility index (Phi) is 7.46. The summed E-state index contributed by atoms with van der Waals surface area (Å²) in [5.74, 6) is 0. The highest BCUT2D eigenvalue weighted by molar-refractivity contribution is 6.77. The molecule has 0 aromatic rings. The average Bonchev–Trinajstić information content (AvgIpc) is 2.27. The summed E-state index contributed by atoms with van der Waals surface area (Å²) in [6, 6.07) is 1.28. The van der Waals surface area contributed by atoms with Gasteiger partial charge in [0, 0.05) is 0 Å². The Morgan fingerprint density at radius 3 is 0.947 bits per heavy atom. The molecule has 0 nitrogen and oxygen atoms in total. The van der Waals surface area contributed by atoms with E-state index in [-0.39, 0.29) is 22.2 Å². The maximum absolute atomic E-state index is 15.0. The number of hydrogen-bond acceptors (Lipinski definition) is 0. The molecule has 0 aromatic carbocycles. The number of hydrogen-bond donors (Lipinski definition) is 0. The predicted octanol–water partition coefficient (Wildman–Crippen LogP) is 6.85. The molecular weight excluding hydrogens is 274 g/mol. The molecule has 0 saturated heterocycles. The number of halogens is 2. The molecule has 0 aromatic heterocycles. The summed E-state index contributed by atoms with van der Waals surface area (Å²) in [6.45, 7) is 16.0. The first kappa shape index (κ1) is 19.3. The molecule has 0 N–H and O–H groups in total. The van der Waals surface area contributed by atoms with E-state index in [1.54, 1.807) is 0 Å². The quantitative estimate of drug-likeness (QED) is 0.340. The second-order valence-electron chi connectivity index (χ2n) is 7.33. The van der Waals surface area contributed by atoms with Crippen LogP contribution in [-0.4, -0.2) is 16.8 Å². The Bertz CT molecular complexity index is 221. The van der Waals surface area contributed by atoms with Gasteiger partial charge in [0.05, 0.1) is 0 Å². The van der Waals surface area contributed by atoms with Crippen LogP contribution in [0.1, 0.15) is 61.8 Å². The van der Waals surface area contributed by atoms with Crippen molar-refractivity contribution in [3.05, 3.63) is 0 Å². The molecule has 0 aliphatic heterocycles. The zero-order valence-electron chi connectivity index (χ0n) is 14.2.